The highest BCUT2D eigenvalue weighted by Crippen LogP contribution is 2.34. The predicted molar refractivity (Wildman–Crippen MR) is 111 cm³/mol. The summed E-state index contributed by atoms with van der Waals surface area (Å²) >= 11 is 0. The minimum atomic E-state index is -1.42. The molecule has 186 valence electrons. The van der Waals surface area contributed by atoms with Gasteiger partial charge in [0, 0.05) is 33.3 Å². The monoisotopic (exact) mass is 482 g/mol. The van der Waals surface area contributed by atoms with Crippen molar-refractivity contribution in [2.24, 2.45) is 0 Å². The normalized spacial score (nSPS) is 23.7. The summed E-state index contributed by atoms with van der Waals surface area (Å²) in [7, 11) is 1.35. The van der Waals surface area contributed by atoms with Crippen LogP contribution in [-0.2, 0) is 42.9 Å². The zero-order valence-electron chi connectivity index (χ0n) is 19.3. The summed E-state index contributed by atoms with van der Waals surface area (Å²) in [5.41, 5.74) is 0.311. The largest absolute Gasteiger partial charge is 0.493 e. The van der Waals surface area contributed by atoms with Crippen LogP contribution in [0.3, 0.4) is 0 Å². The van der Waals surface area contributed by atoms with E-state index in [1.54, 1.807) is 0 Å². The summed E-state index contributed by atoms with van der Waals surface area (Å²) in [5.74, 6) is -2.64. The van der Waals surface area contributed by atoms with E-state index in [2.05, 4.69) is 0 Å². The van der Waals surface area contributed by atoms with Gasteiger partial charge in [0.2, 0.25) is 12.4 Å². The number of esters is 4. The van der Waals surface area contributed by atoms with Crippen molar-refractivity contribution in [1.82, 2.24) is 0 Å². The Morgan fingerprint density at radius 1 is 0.853 bits per heavy atom. The molecule has 1 unspecified atom stereocenters. The van der Waals surface area contributed by atoms with Gasteiger partial charge in [0.15, 0.2) is 23.7 Å². The lowest BCUT2D eigenvalue weighted by molar-refractivity contribution is -0.288. The maximum absolute atomic E-state index is 11.9. The van der Waals surface area contributed by atoms with Crippen molar-refractivity contribution in [3.63, 3.8) is 0 Å². The number of rotatable bonds is 9. The molecule has 1 aliphatic rings. The van der Waals surface area contributed by atoms with Gasteiger partial charge >= 0.3 is 23.9 Å². The first-order chi connectivity index (χ1) is 16.0. The van der Waals surface area contributed by atoms with E-state index < -0.39 is 54.6 Å². The maximum atomic E-state index is 11.9. The van der Waals surface area contributed by atoms with Crippen LogP contribution in [0.1, 0.15) is 38.1 Å². The zero-order chi connectivity index (χ0) is 25.4. The number of ether oxygens (including phenoxy) is 7. The molecule has 1 aromatic rings. The van der Waals surface area contributed by atoms with Crippen LogP contribution in [-0.4, -0.2) is 74.6 Å². The van der Waals surface area contributed by atoms with Crippen molar-refractivity contribution in [2.75, 3.05) is 13.7 Å². The molecule has 0 saturated carbocycles. The van der Waals surface area contributed by atoms with E-state index >= 15 is 0 Å². The van der Waals surface area contributed by atoms with Crippen LogP contribution in [0.5, 0.6) is 11.5 Å². The Kier molecular flexibility index (Phi) is 9.36. The van der Waals surface area contributed by atoms with E-state index in [9.17, 15) is 24.0 Å². The Morgan fingerprint density at radius 3 is 1.97 bits per heavy atom. The van der Waals surface area contributed by atoms with Crippen molar-refractivity contribution in [2.45, 2.75) is 58.4 Å². The molecule has 12 nitrogen and oxygen atoms in total. The predicted octanol–water partition coefficient (Wildman–Crippen LogP) is 0.970. The smallest absolute Gasteiger partial charge is 0.303 e. The van der Waals surface area contributed by atoms with Crippen LogP contribution in [0.15, 0.2) is 18.2 Å². The van der Waals surface area contributed by atoms with Gasteiger partial charge in [0.1, 0.15) is 19.0 Å². The molecular formula is C22H26O12. The number of methoxy groups -OCH3 is 1. The fourth-order valence-electron chi connectivity index (χ4n) is 3.26. The third kappa shape index (κ3) is 7.17. The van der Waals surface area contributed by atoms with Gasteiger partial charge in [0.05, 0.1) is 7.11 Å². The minimum absolute atomic E-state index is 0.106. The van der Waals surface area contributed by atoms with Crippen LogP contribution in [0.25, 0.3) is 0 Å². The molecule has 0 N–H and O–H groups in total. The number of hydrogen-bond donors (Lipinski definition) is 0. The topological polar surface area (TPSA) is 150 Å². The van der Waals surface area contributed by atoms with Crippen LogP contribution >= 0.6 is 0 Å². The summed E-state index contributed by atoms with van der Waals surface area (Å²) in [4.78, 5) is 57.9. The molecule has 1 fully saturated rings. The second-order valence-electron chi connectivity index (χ2n) is 7.21. The number of carbonyl (C=O) groups is 5. The fraction of sp³-hybridized carbons (Fsp3) is 0.500. The van der Waals surface area contributed by atoms with Crippen molar-refractivity contribution in [3.05, 3.63) is 23.8 Å². The summed E-state index contributed by atoms with van der Waals surface area (Å²) < 4.78 is 38.0. The van der Waals surface area contributed by atoms with Crippen LogP contribution < -0.4 is 9.47 Å². The number of aldehydes is 1. The Morgan fingerprint density at radius 2 is 1.44 bits per heavy atom. The van der Waals surface area contributed by atoms with Gasteiger partial charge in [-0.15, -0.1) is 0 Å². The number of carbonyl (C=O) groups excluding carboxylic acids is 5. The SMILES string of the molecule is COc1cc(C=O)ccc1OC1O[C@H](COC(C)=O)[C@@H](OC(C)=O)[C@H](OC(C)=O)[C@H]1OC(C)=O. The van der Waals surface area contributed by atoms with E-state index in [0.29, 0.717) is 11.8 Å². The average molecular weight is 482 g/mol. The lowest BCUT2D eigenvalue weighted by Gasteiger charge is -2.44. The Labute approximate surface area is 195 Å². The minimum Gasteiger partial charge on any atom is -0.493 e. The fourth-order valence-corrected chi connectivity index (χ4v) is 3.26. The molecule has 1 heterocycles. The van der Waals surface area contributed by atoms with Crippen LogP contribution in [0, 0.1) is 0 Å². The lowest BCUT2D eigenvalue weighted by Crippen LogP contribution is -2.63. The lowest BCUT2D eigenvalue weighted by atomic mass is 9.98. The van der Waals surface area contributed by atoms with Gasteiger partial charge in [-0.1, -0.05) is 0 Å². The molecule has 1 saturated heterocycles. The molecule has 2 rings (SSSR count). The van der Waals surface area contributed by atoms with Gasteiger partial charge in [-0.05, 0) is 18.2 Å². The van der Waals surface area contributed by atoms with Gasteiger partial charge in [0.25, 0.3) is 0 Å². The van der Waals surface area contributed by atoms with Crippen LogP contribution in [0.2, 0.25) is 0 Å². The molecule has 5 atom stereocenters. The molecule has 1 aliphatic heterocycles. The van der Waals surface area contributed by atoms with E-state index in [-0.39, 0.29) is 18.1 Å². The second kappa shape index (κ2) is 12.0. The van der Waals surface area contributed by atoms with E-state index in [4.69, 9.17) is 33.2 Å². The van der Waals surface area contributed by atoms with Crippen molar-refractivity contribution in [1.29, 1.82) is 0 Å². The molecule has 34 heavy (non-hydrogen) atoms. The van der Waals surface area contributed by atoms with E-state index in [1.165, 1.54) is 32.2 Å². The summed E-state index contributed by atoms with van der Waals surface area (Å²) in [5, 5.41) is 0. The Balaban J connectivity index is 2.51. The third-order valence-corrected chi connectivity index (χ3v) is 4.52. The zero-order valence-corrected chi connectivity index (χ0v) is 19.3. The molecule has 0 amide bonds. The average Bonchev–Trinajstić information content (AvgIpc) is 2.75. The highest BCUT2D eigenvalue weighted by Gasteiger charge is 2.53. The first kappa shape index (κ1) is 26.6. The number of hydrogen-bond acceptors (Lipinski definition) is 12. The highest BCUT2D eigenvalue weighted by atomic mass is 16.7. The second-order valence-corrected chi connectivity index (χ2v) is 7.21. The molecule has 0 bridgehead atoms. The van der Waals surface area contributed by atoms with Gasteiger partial charge < -0.3 is 33.2 Å². The van der Waals surface area contributed by atoms with Gasteiger partial charge in [-0.3, -0.25) is 24.0 Å². The Hall–Kier alpha value is -3.67. The molecular weight excluding hydrogens is 456 g/mol. The van der Waals surface area contributed by atoms with Crippen molar-refractivity contribution in [3.8, 4) is 11.5 Å². The van der Waals surface area contributed by atoms with E-state index in [1.807, 2.05) is 0 Å². The molecule has 0 radical (unpaired) electrons. The summed E-state index contributed by atoms with van der Waals surface area (Å²) in [6, 6.07) is 4.29. The standard InChI is InChI=1S/C22H26O12/c1-11(24)29-10-18-19(30-12(2)25)20(31-13(3)26)21(32-14(4)27)22(34-18)33-16-7-6-15(9-23)8-17(16)28-5/h6-9,18-22H,10H2,1-5H3/t18-,19-,20+,21-,22?/m1/s1. The third-order valence-electron chi connectivity index (χ3n) is 4.52. The summed E-state index contributed by atoms with van der Waals surface area (Å²) in [6.45, 7) is 4.13. The molecule has 0 aromatic heterocycles. The van der Waals surface area contributed by atoms with Gasteiger partial charge in [-0.25, -0.2) is 0 Å². The Bertz CT molecular complexity index is 926. The van der Waals surface area contributed by atoms with Gasteiger partial charge in [-0.2, -0.15) is 0 Å². The summed E-state index contributed by atoms with van der Waals surface area (Å²) in [6.07, 6.45) is -6.03. The quantitative estimate of drug-likeness (QED) is 0.280. The number of benzene rings is 1. The molecule has 1 aromatic carbocycles. The molecule has 0 aliphatic carbocycles. The first-order valence-electron chi connectivity index (χ1n) is 10.2. The van der Waals surface area contributed by atoms with E-state index in [0.717, 1.165) is 20.8 Å². The molecule has 12 heteroatoms. The first-order valence-corrected chi connectivity index (χ1v) is 10.2. The van der Waals surface area contributed by atoms with Crippen molar-refractivity contribution < 1.29 is 57.1 Å². The molecule has 0 spiro atoms. The van der Waals surface area contributed by atoms with Crippen LogP contribution in [0.4, 0.5) is 0 Å². The highest BCUT2D eigenvalue weighted by molar-refractivity contribution is 5.76. The van der Waals surface area contributed by atoms with Crippen molar-refractivity contribution >= 4 is 30.2 Å². The maximum Gasteiger partial charge on any atom is 0.303 e.